The predicted molar refractivity (Wildman–Crippen MR) is 67.6 cm³/mol. The van der Waals surface area contributed by atoms with Crippen LogP contribution in [0.2, 0.25) is 0 Å². The molecule has 0 bridgehead atoms. The Balaban J connectivity index is 2.29. The summed E-state index contributed by atoms with van der Waals surface area (Å²) in [6.45, 7) is 5.24. The van der Waals surface area contributed by atoms with Crippen molar-refractivity contribution in [3.8, 4) is 0 Å². The third-order valence-electron chi connectivity index (χ3n) is 2.44. The molecular formula is C13H20N2O. The van der Waals surface area contributed by atoms with E-state index in [9.17, 15) is 4.79 Å². The predicted octanol–water partition coefficient (Wildman–Crippen LogP) is 2.32. The summed E-state index contributed by atoms with van der Waals surface area (Å²) in [5.74, 6) is 0.0525. The van der Waals surface area contributed by atoms with Gasteiger partial charge in [-0.1, -0.05) is 31.5 Å². The van der Waals surface area contributed by atoms with E-state index in [-0.39, 0.29) is 5.91 Å². The molecule has 2 N–H and O–H groups in total. The molecule has 16 heavy (non-hydrogen) atoms. The summed E-state index contributed by atoms with van der Waals surface area (Å²) in [6.07, 6.45) is 2.14. The van der Waals surface area contributed by atoms with Gasteiger partial charge in [0, 0.05) is 12.2 Å². The Morgan fingerprint density at radius 1 is 1.31 bits per heavy atom. The molecule has 0 fully saturated rings. The molecule has 0 aliphatic rings. The molecule has 88 valence electrons. The lowest BCUT2D eigenvalue weighted by molar-refractivity contribution is -0.119. The fraction of sp³-hybridized carbons (Fsp3) is 0.462. The summed E-state index contributed by atoms with van der Waals surface area (Å²) in [5, 5.41) is 6.00. The highest BCUT2D eigenvalue weighted by atomic mass is 16.1. The van der Waals surface area contributed by atoms with Crippen molar-refractivity contribution < 1.29 is 4.79 Å². The minimum absolute atomic E-state index is 0.0525. The van der Waals surface area contributed by atoms with Gasteiger partial charge in [0.15, 0.2) is 0 Å². The number of nitrogens with one attached hydrogen (secondary N) is 2. The molecule has 0 aliphatic heterocycles. The minimum atomic E-state index is 0.0525. The molecule has 1 aromatic rings. The van der Waals surface area contributed by atoms with Crippen LogP contribution in [0.3, 0.4) is 0 Å². The maximum Gasteiger partial charge on any atom is 0.239 e. The van der Waals surface area contributed by atoms with Gasteiger partial charge in [0.1, 0.15) is 0 Å². The number of aryl methyl sites for hydroxylation is 1. The quantitative estimate of drug-likeness (QED) is 0.722. The molecular weight excluding hydrogens is 200 g/mol. The van der Waals surface area contributed by atoms with Crippen molar-refractivity contribution in [1.29, 1.82) is 0 Å². The maximum absolute atomic E-state index is 11.4. The first-order chi connectivity index (χ1) is 7.74. The van der Waals surface area contributed by atoms with E-state index < -0.39 is 0 Å². The summed E-state index contributed by atoms with van der Waals surface area (Å²) in [7, 11) is 0. The van der Waals surface area contributed by atoms with Gasteiger partial charge in [-0.15, -0.1) is 0 Å². The number of benzene rings is 1. The van der Waals surface area contributed by atoms with Crippen LogP contribution in [0.15, 0.2) is 24.3 Å². The van der Waals surface area contributed by atoms with E-state index in [4.69, 9.17) is 0 Å². The van der Waals surface area contributed by atoms with Gasteiger partial charge in [-0.3, -0.25) is 4.79 Å². The van der Waals surface area contributed by atoms with E-state index in [0.717, 1.165) is 30.6 Å². The fourth-order valence-electron chi connectivity index (χ4n) is 1.41. The van der Waals surface area contributed by atoms with Crippen LogP contribution in [0.4, 0.5) is 5.69 Å². The molecule has 3 heteroatoms. The van der Waals surface area contributed by atoms with Gasteiger partial charge in [0.25, 0.3) is 0 Å². The first-order valence-corrected chi connectivity index (χ1v) is 5.80. The highest BCUT2D eigenvalue weighted by Gasteiger charge is 2.01. The Labute approximate surface area is 97.2 Å². The van der Waals surface area contributed by atoms with Crippen LogP contribution in [-0.2, 0) is 4.79 Å². The third kappa shape index (κ3) is 4.34. The van der Waals surface area contributed by atoms with E-state index in [1.807, 2.05) is 31.2 Å². The fourth-order valence-corrected chi connectivity index (χ4v) is 1.41. The Hall–Kier alpha value is -1.51. The normalized spacial score (nSPS) is 9.88. The lowest BCUT2D eigenvalue weighted by Gasteiger charge is -2.09. The molecule has 1 rings (SSSR count). The first kappa shape index (κ1) is 12.6. The van der Waals surface area contributed by atoms with Crippen molar-refractivity contribution >= 4 is 11.6 Å². The van der Waals surface area contributed by atoms with E-state index in [0.29, 0.717) is 6.54 Å². The molecule has 0 atom stereocenters. The van der Waals surface area contributed by atoms with Crippen molar-refractivity contribution in [2.24, 2.45) is 0 Å². The van der Waals surface area contributed by atoms with E-state index in [1.54, 1.807) is 0 Å². The molecule has 0 heterocycles. The molecule has 0 unspecified atom stereocenters. The number of anilines is 1. The number of hydrogen-bond donors (Lipinski definition) is 2. The highest BCUT2D eigenvalue weighted by molar-refractivity contribution is 5.80. The molecule has 0 spiro atoms. The Kier molecular flexibility index (Phi) is 5.40. The van der Waals surface area contributed by atoms with E-state index in [2.05, 4.69) is 17.6 Å². The van der Waals surface area contributed by atoms with Crippen molar-refractivity contribution in [2.45, 2.75) is 26.7 Å². The summed E-state index contributed by atoms with van der Waals surface area (Å²) in [6, 6.07) is 7.96. The lowest BCUT2D eigenvalue weighted by atomic mass is 10.2. The average Bonchev–Trinajstić information content (AvgIpc) is 2.28. The first-order valence-electron chi connectivity index (χ1n) is 5.80. The van der Waals surface area contributed by atoms with Crippen molar-refractivity contribution in [1.82, 2.24) is 5.32 Å². The van der Waals surface area contributed by atoms with Gasteiger partial charge < -0.3 is 10.6 Å². The smallest absolute Gasteiger partial charge is 0.239 e. The largest absolute Gasteiger partial charge is 0.376 e. The highest BCUT2D eigenvalue weighted by Crippen LogP contribution is 2.12. The van der Waals surface area contributed by atoms with Crippen LogP contribution in [0.25, 0.3) is 0 Å². The molecule has 0 radical (unpaired) electrons. The molecule has 1 amide bonds. The molecule has 0 aromatic heterocycles. The van der Waals surface area contributed by atoms with Crippen LogP contribution < -0.4 is 10.6 Å². The number of unbranched alkanes of at least 4 members (excludes halogenated alkanes) is 1. The second kappa shape index (κ2) is 6.88. The Bertz CT molecular complexity index is 336. The van der Waals surface area contributed by atoms with Gasteiger partial charge in [0.05, 0.1) is 6.54 Å². The van der Waals surface area contributed by atoms with Gasteiger partial charge in [-0.2, -0.15) is 0 Å². The summed E-state index contributed by atoms with van der Waals surface area (Å²) < 4.78 is 0. The van der Waals surface area contributed by atoms with Crippen molar-refractivity contribution in [3.63, 3.8) is 0 Å². The van der Waals surface area contributed by atoms with Crippen LogP contribution in [-0.4, -0.2) is 19.0 Å². The topological polar surface area (TPSA) is 41.1 Å². The van der Waals surface area contributed by atoms with Crippen molar-refractivity contribution in [3.05, 3.63) is 29.8 Å². The lowest BCUT2D eigenvalue weighted by Crippen LogP contribution is -2.30. The molecule has 0 saturated heterocycles. The van der Waals surface area contributed by atoms with Gasteiger partial charge >= 0.3 is 0 Å². The SMILES string of the molecule is CCCCNC(=O)CNc1ccccc1C. The number of hydrogen-bond acceptors (Lipinski definition) is 2. The van der Waals surface area contributed by atoms with Crippen LogP contribution in [0.5, 0.6) is 0 Å². The zero-order chi connectivity index (χ0) is 11.8. The van der Waals surface area contributed by atoms with E-state index in [1.165, 1.54) is 0 Å². The molecule has 1 aromatic carbocycles. The van der Waals surface area contributed by atoms with Gasteiger partial charge in [-0.05, 0) is 25.0 Å². The monoisotopic (exact) mass is 220 g/mol. The maximum atomic E-state index is 11.4. The molecule has 3 nitrogen and oxygen atoms in total. The average molecular weight is 220 g/mol. The van der Waals surface area contributed by atoms with E-state index >= 15 is 0 Å². The second-order valence-electron chi connectivity index (χ2n) is 3.87. The number of para-hydroxylation sites is 1. The number of amides is 1. The second-order valence-corrected chi connectivity index (χ2v) is 3.87. The number of rotatable bonds is 6. The Morgan fingerprint density at radius 3 is 2.75 bits per heavy atom. The zero-order valence-electron chi connectivity index (χ0n) is 10.0. The molecule has 0 saturated carbocycles. The van der Waals surface area contributed by atoms with Crippen LogP contribution in [0.1, 0.15) is 25.3 Å². The van der Waals surface area contributed by atoms with Crippen LogP contribution in [0, 0.1) is 6.92 Å². The van der Waals surface area contributed by atoms with Crippen LogP contribution >= 0.6 is 0 Å². The Morgan fingerprint density at radius 2 is 2.06 bits per heavy atom. The summed E-state index contributed by atoms with van der Waals surface area (Å²) >= 11 is 0. The zero-order valence-corrected chi connectivity index (χ0v) is 10.0. The standard InChI is InChI=1S/C13H20N2O/c1-3-4-9-14-13(16)10-15-12-8-6-5-7-11(12)2/h5-8,15H,3-4,9-10H2,1-2H3,(H,14,16). The summed E-state index contributed by atoms with van der Waals surface area (Å²) in [5.41, 5.74) is 2.18. The summed E-state index contributed by atoms with van der Waals surface area (Å²) in [4.78, 5) is 11.4. The number of carbonyl (C=O) groups is 1. The van der Waals surface area contributed by atoms with Gasteiger partial charge in [-0.25, -0.2) is 0 Å². The van der Waals surface area contributed by atoms with Gasteiger partial charge in [0.2, 0.25) is 5.91 Å². The number of carbonyl (C=O) groups excluding carboxylic acids is 1. The minimum Gasteiger partial charge on any atom is -0.376 e. The third-order valence-corrected chi connectivity index (χ3v) is 2.44. The molecule has 0 aliphatic carbocycles. The van der Waals surface area contributed by atoms with Crippen molar-refractivity contribution in [2.75, 3.05) is 18.4 Å².